The van der Waals surface area contributed by atoms with Crippen LogP contribution < -0.4 is 9.47 Å². The van der Waals surface area contributed by atoms with Crippen LogP contribution in [0.4, 0.5) is 0 Å². The average Bonchev–Trinajstić information content (AvgIpc) is 3.49. The number of aliphatic hydroxyl groups is 1. The van der Waals surface area contributed by atoms with Crippen LogP contribution in [0.5, 0.6) is 11.5 Å². The molecule has 0 aromatic heterocycles. The number of β-amino-alcohol motifs (C(OH)–C–C–N with tert-alkyl or cyclic N) is 1. The van der Waals surface area contributed by atoms with Gasteiger partial charge in [-0.05, 0) is 37.0 Å². The highest BCUT2D eigenvalue weighted by atomic mass is 16.7. The normalized spacial score (nSPS) is 32.6. The van der Waals surface area contributed by atoms with Crippen molar-refractivity contribution in [2.45, 2.75) is 44.1 Å². The lowest BCUT2D eigenvalue weighted by Crippen LogP contribution is -2.35. The molecule has 1 aromatic carbocycles. The Morgan fingerprint density at radius 1 is 1.17 bits per heavy atom. The van der Waals surface area contributed by atoms with E-state index in [2.05, 4.69) is 4.90 Å². The summed E-state index contributed by atoms with van der Waals surface area (Å²) in [6.07, 6.45) is 3.87. The SMILES string of the molecule is COc1ccc(CN2CCCO2)cc1OCC(O)CN1C[C@@H]2[C@H](C1)[C@H]1CC[C@@H]2O1. The number of nitrogens with zero attached hydrogens (tertiary/aromatic N) is 2. The predicted octanol–water partition coefficient (Wildman–Crippen LogP) is 1.68. The zero-order chi connectivity index (χ0) is 19.8. The van der Waals surface area contributed by atoms with Gasteiger partial charge in [0.25, 0.3) is 0 Å². The van der Waals surface area contributed by atoms with Crippen molar-refractivity contribution in [2.24, 2.45) is 11.8 Å². The van der Waals surface area contributed by atoms with Gasteiger partial charge in [0.15, 0.2) is 11.5 Å². The van der Waals surface area contributed by atoms with Crippen molar-refractivity contribution in [1.29, 1.82) is 0 Å². The highest BCUT2D eigenvalue weighted by molar-refractivity contribution is 5.43. The molecule has 29 heavy (non-hydrogen) atoms. The van der Waals surface area contributed by atoms with Crippen LogP contribution in [0.1, 0.15) is 24.8 Å². The van der Waals surface area contributed by atoms with Crippen molar-refractivity contribution in [3.63, 3.8) is 0 Å². The number of fused-ring (bicyclic) bond motifs is 5. The van der Waals surface area contributed by atoms with Crippen molar-refractivity contribution in [1.82, 2.24) is 9.96 Å². The molecule has 160 valence electrons. The third-order valence-corrected chi connectivity index (χ3v) is 6.84. The minimum absolute atomic E-state index is 0.259. The van der Waals surface area contributed by atoms with Gasteiger partial charge in [0.2, 0.25) is 0 Å². The summed E-state index contributed by atoms with van der Waals surface area (Å²) in [7, 11) is 1.64. The maximum atomic E-state index is 10.6. The van der Waals surface area contributed by atoms with E-state index in [0.717, 1.165) is 44.8 Å². The number of hydroxylamine groups is 2. The summed E-state index contributed by atoms with van der Waals surface area (Å²) < 4.78 is 17.5. The molecule has 0 amide bonds. The maximum absolute atomic E-state index is 10.6. The summed E-state index contributed by atoms with van der Waals surface area (Å²) in [5, 5.41) is 12.6. The van der Waals surface area contributed by atoms with Crippen molar-refractivity contribution in [2.75, 3.05) is 46.5 Å². The number of methoxy groups -OCH3 is 1. The molecular weight excluding hydrogens is 372 g/mol. The topological polar surface area (TPSA) is 63.6 Å². The van der Waals surface area contributed by atoms with Crippen molar-refractivity contribution in [3.05, 3.63) is 23.8 Å². The molecule has 0 spiro atoms. The minimum atomic E-state index is -0.525. The first-order valence-corrected chi connectivity index (χ1v) is 10.9. The lowest BCUT2D eigenvalue weighted by atomic mass is 9.82. The molecule has 5 atom stereocenters. The van der Waals surface area contributed by atoms with Crippen LogP contribution in [0.2, 0.25) is 0 Å². The van der Waals surface area contributed by atoms with E-state index in [0.29, 0.717) is 42.1 Å². The third kappa shape index (κ3) is 4.11. The van der Waals surface area contributed by atoms with E-state index in [4.69, 9.17) is 19.0 Å². The molecular formula is C22H32N2O5. The Balaban J connectivity index is 1.14. The Morgan fingerprint density at radius 3 is 2.66 bits per heavy atom. The lowest BCUT2D eigenvalue weighted by molar-refractivity contribution is -0.117. The fraction of sp³-hybridized carbons (Fsp3) is 0.727. The first kappa shape index (κ1) is 19.6. The fourth-order valence-corrected chi connectivity index (χ4v) is 5.49. The van der Waals surface area contributed by atoms with Gasteiger partial charge in [-0.15, -0.1) is 0 Å². The second-order valence-corrected chi connectivity index (χ2v) is 8.84. The highest BCUT2D eigenvalue weighted by Gasteiger charge is 2.52. The molecule has 4 saturated heterocycles. The molecule has 4 fully saturated rings. The molecule has 0 radical (unpaired) electrons. The molecule has 4 heterocycles. The van der Waals surface area contributed by atoms with Crippen molar-refractivity contribution >= 4 is 0 Å². The van der Waals surface area contributed by atoms with Gasteiger partial charge in [-0.3, -0.25) is 9.74 Å². The number of likely N-dealkylation sites (tertiary alicyclic amines) is 1. The Kier molecular flexibility index (Phi) is 5.67. The van der Waals surface area contributed by atoms with E-state index in [9.17, 15) is 5.11 Å². The Labute approximate surface area is 172 Å². The Bertz CT molecular complexity index is 692. The minimum Gasteiger partial charge on any atom is -0.493 e. The molecule has 0 saturated carbocycles. The lowest BCUT2D eigenvalue weighted by Gasteiger charge is -2.22. The molecule has 4 aliphatic rings. The summed E-state index contributed by atoms with van der Waals surface area (Å²) >= 11 is 0. The van der Waals surface area contributed by atoms with Crippen LogP contribution in [-0.4, -0.2) is 79.9 Å². The van der Waals surface area contributed by atoms with Crippen molar-refractivity contribution in [3.8, 4) is 11.5 Å². The van der Waals surface area contributed by atoms with Crippen LogP contribution >= 0.6 is 0 Å². The van der Waals surface area contributed by atoms with E-state index in [-0.39, 0.29) is 6.61 Å². The maximum Gasteiger partial charge on any atom is 0.161 e. The van der Waals surface area contributed by atoms with Crippen LogP contribution in [0.15, 0.2) is 18.2 Å². The molecule has 7 nitrogen and oxygen atoms in total. The number of hydrogen-bond donors (Lipinski definition) is 1. The van der Waals surface area contributed by atoms with Gasteiger partial charge >= 0.3 is 0 Å². The van der Waals surface area contributed by atoms with Crippen LogP contribution in [0.3, 0.4) is 0 Å². The summed E-state index contributed by atoms with van der Waals surface area (Å²) in [5.74, 6) is 2.68. The van der Waals surface area contributed by atoms with Gasteiger partial charge in [0.05, 0.1) is 25.9 Å². The zero-order valence-electron chi connectivity index (χ0n) is 17.2. The van der Waals surface area contributed by atoms with Crippen LogP contribution in [0, 0.1) is 11.8 Å². The zero-order valence-corrected chi connectivity index (χ0v) is 17.2. The van der Waals surface area contributed by atoms with E-state index >= 15 is 0 Å². The number of aliphatic hydroxyl groups excluding tert-OH is 1. The molecule has 1 N–H and O–H groups in total. The Hall–Kier alpha value is -1.38. The highest BCUT2D eigenvalue weighted by Crippen LogP contribution is 2.47. The summed E-state index contributed by atoms with van der Waals surface area (Å²) in [4.78, 5) is 7.97. The standard InChI is InChI=1S/C22H32N2O5/c1-26-21-4-3-15(10-24-7-2-8-28-24)9-22(21)27-14-16(25)11-23-12-17-18(13-23)20-6-5-19(17)29-20/h3-4,9,16-20,25H,2,5-8,10-14H2,1H3/t16?,17-,18+,19+,20-. The Morgan fingerprint density at radius 2 is 1.97 bits per heavy atom. The quantitative estimate of drug-likeness (QED) is 0.707. The van der Waals surface area contributed by atoms with Crippen LogP contribution in [0.25, 0.3) is 0 Å². The van der Waals surface area contributed by atoms with Crippen LogP contribution in [-0.2, 0) is 16.1 Å². The molecule has 4 aliphatic heterocycles. The molecule has 7 heteroatoms. The van der Waals surface area contributed by atoms with Gasteiger partial charge in [0, 0.05) is 44.6 Å². The molecule has 2 bridgehead atoms. The molecule has 1 unspecified atom stereocenters. The van der Waals surface area contributed by atoms with Crippen molar-refractivity contribution < 1.29 is 24.2 Å². The second kappa shape index (κ2) is 8.40. The fourth-order valence-electron chi connectivity index (χ4n) is 5.49. The summed E-state index contributed by atoms with van der Waals surface area (Å²) in [6, 6.07) is 5.94. The predicted molar refractivity (Wildman–Crippen MR) is 107 cm³/mol. The van der Waals surface area contributed by atoms with E-state index in [1.165, 1.54) is 12.8 Å². The largest absolute Gasteiger partial charge is 0.493 e. The van der Waals surface area contributed by atoms with Gasteiger partial charge in [-0.25, -0.2) is 0 Å². The van der Waals surface area contributed by atoms with Gasteiger partial charge in [-0.1, -0.05) is 6.07 Å². The molecule has 0 aliphatic carbocycles. The third-order valence-electron chi connectivity index (χ3n) is 6.84. The van der Waals surface area contributed by atoms with Gasteiger partial charge in [-0.2, -0.15) is 5.06 Å². The second-order valence-electron chi connectivity index (χ2n) is 8.84. The monoisotopic (exact) mass is 404 g/mol. The smallest absolute Gasteiger partial charge is 0.161 e. The van der Waals surface area contributed by atoms with E-state index in [1.54, 1.807) is 7.11 Å². The van der Waals surface area contributed by atoms with E-state index in [1.807, 2.05) is 23.3 Å². The number of hydrogen-bond acceptors (Lipinski definition) is 7. The number of ether oxygens (including phenoxy) is 3. The summed E-state index contributed by atoms with van der Waals surface area (Å²) in [5.41, 5.74) is 1.11. The van der Waals surface area contributed by atoms with E-state index < -0.39 is 6.10 Å². The first-order chi connectivity index (χ1) is 14.2. The van der Waals surface area contributed by atoms with Gasteiger partial charge < -0.3 is 19.3 Å². The number of benzene rings is 1. The molecule has 1 aromatic rings. The average molecular weight is 405 g/mol. The molecule has 5 rings (SSSR count). The number of rotatable bonds is 8. The first-order valence-electron chi connectivity index (χ1n) is 10.9. The summed E-state index contributed by atoms with van der Waals surface area (Å²) in [6.45, 7) is 5.45. The van der Waals surface area contributed by atoms with Gasteiger partial charge in [0.1, 0.15) is 12.7 Å².